The molecule has 3 heterocycles. The van der Waals surface area contributed by atoms with E-state index in [4.69, 9.17) is 4.74 Å². The lowest BCUT2D eigenvalue weighted by molar-refractivity contribution is -0.125. The van der Waals surface area contributed by atoms with E-state index >= 15 is 0 Å². The van der Waals surface area contributed by atoms with Crippen molar-refractivity contribution < 1.29 is 18.7 Å². The first-order valence-corrected chi connectivity index (χ1v) is 8.91. The molecule has 2 aliphatic rings. The number of rotatable bonds is 6. The number of aromatic nitrogens is 2. The van der Waals surface area contributed by atoms with Gasteiger partial charge in [0.2, 0.25) is 5.91 Å². The molecule has 0 spiro atoms. The van der Waals surface area contributed by atoms with Crippen LogP contribution in [0.2, 0.25) is 0 Å². The maximum absolute atomic E-state index is 14.4. The number of methoxy groups -OCH3 is 1. The molecule has 0 N–H and O–H groups in total. The van der Waals surface area contributed by atoms with Crippen LogP contribution >= 0.6 is 0 Å². The van der Waals surface area contributed by atoms with E-state index in [1.165, 1.54) is 18.3 Å². The highest BCUT2D eigenvalue weighted by Crippen LogP contribution is 2.26. The van der Waals surface area contributed by atoms with Gasteiger partial charge in [-0.05, 0) is 19.3 Å². The van der Waals surface area contributed by atoms with Crippen LogP contribution in [0.5, 0.6) is 0 Å². The van der Waals surface area contributed by atoms with Crippen LogP contribution in [-0.4, -0.2) is 77.6 Å². The fourth-order valence-electron chi connectivity index (χ4n) is 3.50. The lowest BCUT2D eigenvalue weighted by atomic mass is 10.0. The van der Waals surface area contributed by atoms with Crippen molar-refractivity contribution in [3.63, 3.8) is 0 Å². The van der Waals surface area contributed by atoms with Crippen LogP contribution in [0.25, 0.3) is 0 Å². The van der Waals surface area contributed by atoms with Gasteiger partial charge in [0.25, 0.3) is 0 Å². The number of aryl methyl sites for hydroxylation is 1. The molecular weight excluding hydrogens is 341 g/mol. The Labute approximate surface area is 151 Å². The topological polar surface area (TPSA) is 78.9 Å². The van der Waals surface area contributed by atoms with Gasteiger partial charge in [0, 0.05) is 26.2 Å². The largest absolute Gasteiger partial charge is 0.383 e. The minimum atomic E-state index is -0.369. The molecule has 0 aliphatic carbocycles. The molecule has 2 fully saturated rings. The van der Waals surface area contributed by atoms with Crippen molar-refractivity contribution in [2.24, 2.45) is 0 Å². The molecule has 0 atom stereocenters. The SMILES string of the molecule is CCc1ncnc(N2CCC(N3CC(=O)N(CCOC)C3=O)CC2)c1F. The maximum Gasteiger partial charge on any atom is 0.327 e. The number of hydrogen-bond donors (Lipinski definition) is 0. The van der Waals surface area contributed by atoms with E-state index in [0.29, 0.717) is 50.5 Å². The molecule has 3 amide bonds. The van der Waals surface area contributed by atoms with Crippen molar-refractivity contribution in [2.75, 3.05) is 44.8 Å². The Morgan fingerprint density at radius 2 is 2.00 bits per heavy atom. The first-order valence-electron chi connectivity index (χ1n) is 8.91. The molecule has 142 valence electrons. The minimum absolute atomic E-state index is 0.0224. The van der Waals surface area contributed by atoms with E-state index in [1.54, 1.807) is 4.90 Å². The van der Waals surface area contributed by atoms with Gasteiger partial charge < -0.3 is 14.5 Å². The lowest BCUT2D eigenvalue weighted by Crippen LogP contribution is -2.47. The second-order valence-corrected chi connectivity index (χ2v) is 6.48. The molecule has 1 aromatic rings. The first-order chi connectivity index (χ1) is 12.6. The molecular formula is C17H24FN5O3. The number of anilines is 1. The highest BCUT2D eigenvalue weighted by molar-refractivity contribution is 6.02. The highest BCUT2D eigenvalue weighted by atomic mass is 19.1. The molecule has 0 saturated carbocycles. The number of ether oxygens (including phenoxy) is 1. The van der Waals surface area contributed by atoms with Crippen LogP contribution in [-0.2, 0) is 16.0 Å². The summed E-state index contributed by atoms with van der Waals surface area (Å²) in [6.07, 6.45) is 3.24. The highest BCUT2D eigenvalue weighted by Gasteiger charge is 2.40. The molecule has 1 aromatic heterocycles. The van der Waals surface area contributed by atoms with Gasteiger partial charge in [-0.25, -0.2) is 19.2 Å². The minimum Gasteiger partial charge on any atom is -0.383 e. The molecule has 3 rings (SSSR count). The third-order valence-corrected chi connectivity index (χ3v) is 4.99. The Bertz CT molecular complexity index is 678. The van der Waals surface area contributed by atoms with E-state index in [2.05, 4.69) is 9.97 Å². The van der Waals surface area contributed by atoms with E-state index in [0.717, 1.165) is 0 Å². The number of urea groups is 1. The van der Waals surface area contributed by atoms with Crippen molar-refractivity contribution >= 4 is 17.8 Å². The summed E-state index contributed by atoms with van der Waals surface area (Å²) in [7, 11) is 1.54. The molecule has 0 bridgehead atoms. The predicted octanol–water partition coefficient (Wildman–Crippen LogP) is 1.06. The van der Waals surface area contributed by atoms with Gasteiger partial charge in [-0.15, -0.1) is 0 Å². The quantitative estimate of drug-likeness (QED) is 0.702. The Morgan fingerprint density at radius 3 is 2.65 bits per heavy atom. The predicted molar refractivity (Wildman–Crippen MR) is 92.3 cm³/mol. The number of imide groups is 1. The van der Waals surface area contributed by atoms with Gasteiger partial charge in [0.15, 0.2) is 11.6 Å². The number of carbonyl (C=O) groups is 2. The summed E-state index contributed by atoms with van der Waals surface area (Å²) in [6.45, 7) is 3.73. The van der Waals surface area contributed by atoms with Crippen LogP contribution in [0.4, 0.5) is 15.0 Å². The fraction of sp³-hybridized carbons (Fsp3) is 0.647. The second-order valence-electron chi connectivity index (χ2n) is 6.48. The Kier molecular flexibility index (Phi) is 5.65. The number of nitrogens with zero attached hydrogens (tertiary/aromatic N) is 5. The summed E-state index contributed by atoms with van der Waals surface area (Å²) in [5.41, 5.74) is 0.409. The molecule has 8 nitrogen and oxygen atoms in total. The molecule has 9 heteroatoms. The standard InChI is InChI=1S/C17H24FN5O3/c1-3-13-15(18)16(20-11-19-13)21-6-4-12(5-7-21)23-10-14(24)22(17(23)25)8-9-26-2/h11-12H,3-10H2,1-2H3. The van der Waals surface area contributed by atoms with Gasteiger partial charge in [-0.2, -0.15) is 0 Å². The van der Waals surface area contributed by atoms with E-state index in [1.807, 2.05) is 11.8 Å². The van der Waals surface area contributed by atoms with E-state index in [-0.39, 0.29) is 36.9 Å². The number of halogens is 1. The Hall–Kier alpha value is -2.29. The summed E-state index contributed by atoms with van der Waals surface area (Å²) < 4.78 is 19.4. The lowest BCUT2D eigenvalue weighted by Gasteiger charge is -2.36. The normalized spacial score (nSPS) is 19.0. The third kappa shape index (κ3) is 3.48. The van der Waals surface area contributed by atoms with Crippen LogP contribution in [0.15, 0.2) is 6.33 Å². The Morgan fingerprint density at radius 1 is 1.27 bits per heavy atom. The van der Waals surface area contributed by atoms with E-state index < -0.39 is 0 Å². The molecule has 2 aliphatic heterocycles. The first kappa shape index (κ1) is 18.5. The summed E-state index contributed by atoms with van der Waals surface area (Å²) >= 11 is 0. The molecule has 0 aromatic carbocycles. The third-order valence-electron chi connectivity index (χ3n) is 4.99. The number of amides is 3. The van der Waals surface area contributed by atoms with Crippen LogP contribution in [0, 0.1) is 5.82 Å². The number of carbonyl (C=O) groups excluding carboxylic acids is 2. The van der Waals surface area contributed by atoms with Crippen molar-refractivity contribution in [3.05, 3.63) is 17.8 Å². The average molecular weight is 365 g/mol. The van der Waals surface area contributed by atoms with Gasteiger partial charge in [-0.1, -0.05) is 6.92 Å². The summed E-state index contributed by atoms with van der Waals surface area (Å²) in [5, 5.41) is 0. The average Bonchev–Trinajstić information content (AvgIpc) is 2.94. The summed E-state index contributed by atoms with van der Waals surface area (Å²) in [4.78, 5) is 37.4. The van der Waals surface area contributed by atoms with Gasteiger partial charge in [0.05, 0.1) is 18.8 Å². The molecule has 0 radical (unpaired) electrons. The fourth-order valence-corrected chi connectivity index (χ4v) is 3.50. The van der Waals surface area contributed by atoms with Gasteiger partial charge in [-0.3, -0.25) is 9.69 Å². The summed E-state index contributed by atoms with van der Waals surface area (Å²) in [5.74, 6) is -0.239. The monoisotopic (exact) mass is 365 g/mol. The molecule has 0 unspecified atom stereocenters. The maximum atomic E-state index is 14.4. The van der Waals surface area contributed by atoms with Gasteiger partial charge in [0.1, 0.15) is 12.9 Å². The second kappa shape index (κ2) is 7.94. The van der Waals surface area contributed by atoms with Crippen molar-refractivity contribution in [2.45, 2.75) is 32.2 Å². The number of piperidine rings is 1. The van der Waals surface area contributed by atoms with Crippen molar-refractivity contribution in [1.82, 2.24) is 19.8 Å². The number of hydrogen-bond acceptors (Lipinski definition) is 6. The van der Waals surface area contributed by atoms with Crippen molar-refractivity contribution in [3.8, 4) is 0 Å². The molecule has 2 saturated heterocycles. The van der Waals surface area contributed by atoms with Crippen molar-refractivity contribution in [1.29, 1.82) is 0 Å². The molecule has 26 heavy (non-hydrogen) atoms. The zero-order chi connectivity index (χ0) is 18.7. The van der Waals surface area contributed by atoms with Crippen LogP contribution < -0.4 is 4.90 Å². The van der Waals surface area contributed by atoms with Crippen LogP contribution in [0.1, 0.15) is 25.5 Å². The van der Waals surface area contributed by atoms with Crippen LogP contribution in [0.3, 0.4) is 0 Å². The zero-order valence-corrected chi connectivity index (χ0v) is 15.2. The zero-order valence-electron chi connectivity index (χ0n) is 15.2. The Balaban J connectivity index is 1.62. The van der Waals surface area contributed by atoms with Gasteiger partial charge >= 0.3 is 6.03 Å². The smallest absolute Gasteiger partial charge is 0.327 e. The summed E-state index contributed by atoms with van der Waals surface area (Å²) in [6, 6.07) is -0.280. The van der Waals surface area contributed by atoms with E-state index in [9.17, 15) is 14.0 Å².